The Labute approximate surface area is 142 Å². The molecule has 2 aromatic carbocycles. The summed E-state index contributed by atoms with van der Waals surface area (Å²) < 4.78 is 4.46. The number of allylic oxidation sites excluding steroid dienone is 2. The summed E-state index contributed by atoms with van der Waals surface area (Å²) in [5.74, 6) is 0.257. The minimum absolute atomic E-state index is 0.257. The van der Waals surface area contributed by atoms with Crippen LogP contribution in [-0.2, 0) is 14.1 Å². The number of hydrogen-bond donors (Lipinski definition) is 0. The molecule has 4 aromatic rings. The number of aryl methyl sites for hydroxylation is 2. The van der Waals surface area contributed by atoms with Crippen LogP contribution in [0, 0.1) is 0 Å². The fraction of sp³-hybridized carbons (Fsp3) is 0.182. The molecule has 0 atom stereocenters. The Morgan fingerprint density at radius 2 is 1.21 bits per heavy atom. The topological polar surface area (TPSA) is 9.86 Å². The minimum Gasteiger partial charge on any atom is -0.350 e. The first-order chi connectivity index (χ1) is 11.7. The van der Waals surface area contributed by atoms with Crippen molar-refractivity contribution in [2.75, 3.05) is 0 Å². The summed E-state index contributed by atoms with van der Waals surface area (Å²) >= 11 is 0. The second kappa shape index (κ2) is 5.72. The van der Waals surface area contributed by atoms with Gasteiger partial charge in [0.05, 0.1) is 0 Å². The SMILES string of the molecule is C/C=C/C(c1cn(C)c2ccccc12)c1cn(C)c2ccccc12. The third-order valence-electron chi connectivity index (χ3n) is 4.91. The molecule has 0 spiro atoms. The predicted molar refractivity (Wildman–Crippen MR) is 102 cm³/mol. The van der Waals surface area contributed by atoms with Gasteiger partial charge in [-0.05, 0) is 30.2 Å². The van der Waals surface area contributed by atoms with E-state index in [-0.39, 0.29) is 5.92 Å². The van der Waals surface area contributed by atoms with Crippen LogP contribution in [0.15, 0.2) is 73.1 Å². The molecule has 0 fully saturated rings. The lowest BCUT2D eigenvalue weighted by atomic mass is 9.90. The lowest BCUT2D eigenvalue weighted by Gasteiger charge is -2.12. The Balaban J connectivity index is 2.00. The van der Waals surface area contributed by atoms with E-state index < -0.39 is 0 Å². The van der Waals surface area contributed by atoms with Crippen molar-refractivity contribution in [3.63, 3.8) is 0 Å². The zero-order valence-corrected chi connectivity index (χ0v) is 14.4. The number of benzene rings is 2. The van der Waals surface area contributed by atoms with Crippen LogP contribution in [0.3, 0.4) is 0 Å². The van der Waals surface area contributed by atoms with Crippen LogP contribution in [0.1, 0.15) is 24.0 Å². The molecule has 0 unspecified atom stereocenters. The van der Waals surface area contributed by atoms with Gasteiger partial charge in [-0.2, -0.15) is 0 Å². The monoisotopic (exact) mass is 314 g/mol. The van der Waals surface area contributed by atoms with E-state index in [0.717, 1.165) is 0 Å². The van der Waals surface area contributed by atoms with Crippen LogP contribution < -0.4 is 0 Å². The van der Waals surface area contributed by atoms with Crippen LogP contribution in [0.2, 0.25) is 0 Å². The third kappa shape index (κ3) is 2.18. The van der Waals surface area contributed by atoms with E-state index >= 15 is 0 Å². The van der Waals surface area contributed by atoms with Crippen LogP contribution in [0.5, 0.6) is 0 Å². The Hall–Kier alpha value is -2.74. The maximum Gasteiger partial charge on any atom is 0.0480 e. The fourth-order valence-electron chi connectivity index (χ4n) is 3.81. The van der Waals surface area contributed by atoms with Crippen LogP contribution in [-0.4, -0.2) is 9.13 Å². The molecule has 0 aliphatic carbocycles. The lowest BCUT2D eigenvalue weighted by Crippen LogP contribution is -1.96. The average Bonchev–Trinajstić information content (AvgIpc) is 3.12. The van der Waals surface area contributed by atoms with Crippen LogP contribution in [0.4, 0.5) is 0 Å². The van der Waals surface area contributed by atoms with Crippen molar-refractivity contribution < 1.29 is 0 Å². The first-order valence-electron chi connectivity index (χ1n) is 8.41. The Kier molecular flexibility index (Phi) is 3.53. The summed E-state index contributed by atoms with van der Waals surface area (Å²) in [6.07, 6.45) is 9.02. The first kappa shape index (κ1) is 14.8. The van der Waals surface area contributed by atoms with Crippen molar-refractivity contribution in [3.8, 4) is 0 Å². The maximum atomic E-state index is 2.31. The van der Waals surface area contributed by atoms with Gasteiger partial charge in [0.1, 0.15) is 0 Å². The van der Waals surface area contributed by atoms with Gasteiger partial charge in [0.25, 0.3) is 0 Å². The van der Waals surface area contributed by atoms with Gasteiger partial charge in [-0.25, -0.2) is 0 Å². The van der Waals surface area contributed by atoms with Gasteiger partial charge in [0, 0.05) is 54.2 Å². The molecular formula is C22H22N2. The molecule has 0 aliphatic heterocycles. The third-order valence-corrected chi connectivity index (χ3v) is 4.91. The predicted octanol–water partition coefficient (Wildman–Crippen LogP) is 5.38. The van der Waals surface area contributed by atoms with E-state index in [1.165, 1.54) is 32.9 Å². The molecule has 4 rings (SSSR count). The van der Waals surface area contributed by atoms with Crippen molar-refractivity contribution >= 4 is 21.8 Å². The van der Waals surface area contributed by atoms with Crippen molar-refractivity contribution in [3.05, 3.63) is 84.2 Å². The summed E-state index contributed by atoms with van der Waals surface area (Å²) in [5.41, 5.74) is 5.29. The van der Waals surface area contributed by atoms with Crippen molar-refractivity contribution in [1.82, 2.24) is 9.13 Å². The number of para-hydroxylation sites is 2. The smallest absolute Gasteiger partial charge is 0.0480 e. The molecule has 24 heavy (non-hydrogen) atoms. The van der Waals surface area contributed by atoms with Crippen molar-refractivity contribution in [2.45, 2.75) is 12.8 Å². The highest BCUT2D eigenvalue weighted by atomic mass is 14.9. The van der Waals surface area contributed by atoms with E-state index in [1.54, 1.807) is 0 Å². The summed E-state index contributed by atoms with van der Waals surface area (Å²) in [4.78, 5) is 0. The molecular weight excluding hydrogens is 292 g/mol. The summed E-state index contributed by atoms with van der Waals surface area (Å²) in [5, 5.41) is 2.66. The zero-order valence-electron chi connectivity index (χ0n) is 14.4. The Bertz CT molecular complexity index is 966. The number of rotatable bonds is 3. The molecule has 0 N–H and O–H groups in total. The number of nitrogens with zero attached hydrogens (tertiary/aromatic N) is 2. The quantitative estimate of drug-likeness (QED) is 0.449. The van der Waals surface area contributed by atoms with Gasteiger partial charge in [-0.15, -0.1) is 0 Å². The van der Waals surface area contributed by atoms with E-state index in [1.807, 2.05) is 0 Å². The lowest BCUT2D eigenvalue weighted by molar-refractivity contribution is 0.925. The normalized spacial score (nSPS) is 12.2. The fourth-order valence-corrected chi connectivity index (χ4v) is 3.81. The second-order valence-corrected chi connectivity index (χ2v) is 6.43. The van der Waals surface area contributed by atoms with Crippen LogP contribution in [0.25, 0.3) is 21.8 Å². The molecule has 0 radical (unpaired) electrons. The first-order valence-corrected chi connectivity index (χ1v) is 8.41. The van der Waals surface area contributed by atoms with Gasteiger partial charge in [0.15, 0.2) is 0 Å². The molecule has 2 nitrogen and oxygen atoms in total. The molecule has 0 saturated heterocycles. The molecule has 0 bridgehead atoms. The minimum atomic E-state index is 0.257. The van der Waals surface area contributed by atoms with E-state index in [2.05, 4.69) is 103 Å². The molecule has 0 aliphatic rings. The number of hydrogen-bond acceptors (Lipinski definition) is 0. The van der Waals surface area contributed by atoms with Gasteiger partial charge < -0.3 is 9.13 Å². The highest BCUT2D eigenvalue weighted by Crippen LogP contribution is 2.37. The van der Waals surface area contributed by atoms with E-state index in [4.69, 9.17) is 0 Å². The molecule has 2 heterocycles. The van der Waals surface area contributed by atoms with Gasteiger partial charge in [-0.1, -0.05) is 48.6 Å². The van der Waals surface area contributed by atoms with Gasteiger partial charge >= 0.3 is 0 Å². The Morgan fingerprint density at radius 1 is 0.750 bits per heavy atom. The molecule has 0 saturated carbocycles. The number of fused-ring (bicyclic) bond motifs is 2. The molecule has 120 valence electrons. The highest BCUT2D eigenvalue weighted by Gasteiger charge is 2.20. The summed E-state index contributed by atoms with van der Waals surface area (Å²) in [7, 11) is 4.25. The standard InChI is InChI=1S/C22H22N2/c1-4-9-16(19-14-23(2)21-12-7-5-10-17(19)21)20-15-24(3)22-13-8-6-11-18(20)22/h4-16H,1-3H3/b9-4+. The van der Waals surface area contributed by atoms with Crippen LogP contribution >= 0.6 is 0 Å². The van der Waals surface area contributed by atoms with Gasteiger partial charge in [0.2, 0.25) is 0 Å². The highest BCUT2D eigenvalue weighted by molar-refractivity contribution is 5.89. The zero-order chi connectivity index (χ0) is 16.7. The molecule has 2 heteroatoms. The second-order valence-electron chi connectivity index (χ2n) is 6.43. The number of aromatic nitrogens is 2. The maximum absolute atomic E-state index is 2.31. The van der Waals surface area contributed by atoms with Gasteiger partial charge in [-0.3, -0.25) is 0 Å². The summed E-state index contributed by atoms with van der Waals surface area (Å²) in [6.45, 7) is 2.10. The average molecular weight is 314 g/mol. The van der Waals surface area contributed by atoms with E-state index in [0.29, 0.717) is 0 Å². The molecule has 2 aromatic heterocycles. The van der Waals surface area contributed by atoms with E-state index in [9.17, 15) is 0 Å². The Morgan fingerprint density at radius 3 is 1.67 bits per heavy atom. The largest absolute Gasteiger partial charge is 0.350 e. The summed E-state index contributed by atoms with van der Waals surface area (Å²) in [6, 6.07) is 17.3. The van der Waals surface area contributed by atoms with Crippen molar-refractivity contribution in [2.24, 2.45) is 14.1 Å². The van der Waals surface area contributed by atoms with Crippen molar-refractivity contribution in [1.29, 1.82) is 0 Å². The molecule has 0 amide bonds.